The highest BCUT2D eigenvalue weighted by molar-refractivity contribution is 7.47. The van der Waals surface area contributed by atoms with E-state index in [2.05, 4.69) is 9.51 Å². The van der Waals surface area contributed by atoms with E-state index >= 15 is 0 Å². The van der Waals surface area contributed by atoms with E-state index in [9.17, 15) is 19.0 Å². The molecule has 0 spiro atoms. The largest absolute Gasteiger partial charge is 0.472 e. The summed E-state index contributed by atoms with van der Waals surface area (Å²) in [7, 11) is -4.18. The molecule has 0 aliphatic carbocycles. The molecule has 3 heterocycles. The SMILES string of the molecule is C[C@@]1(N)[C@@H]2OP(=O)(O)OC[C@H]2O[C@H]1n1ccc(=O)[nH]c1=O. The van der Waals surface area contributed by atoms with Crippen molar-refractivity contribution in [1.82, 2.24) is 9.55 Å². The summed E-state index contributed by atoms with van der Waals surface area (Å²) in [5.41, 5.74) is 3.63. The zero-order chi connectivity index (χ0) is 15.4. The molecule has 4 N–H and O–H groups in total. The summed E-state index contributed by atoms with van der Waals surface area (Å²) in [6, 6.07) is 1.15. The van der Waals surface area contributed by atoms with Crippen molar-refractivity contribution in [2.45, 2.75) is 30.9 Å². The maximum Gasteiger partial charge on any atom is 0.472 e. The third-order valence-corrected chi connectivity index (χ3v) is 4.51. The van der Waals surface area contributed by atoms with E-state index in [1.54, 1.807) is 0 Å². The van der Waals surface area contributed by atoms with Crippen LogP contribution in [0.25, 0.3) is 0 Å². The number of nitrogens with one attached hydrogen (secondary N) is 1. The Bertz CT molecular complexity index is 726. The fraction of sp³-hybridized carbons (Fsp3) is 0.600. The molecule has 2 aliphatic rings. The molecule has 5 atom stereocenters. The van der Waals surface area contributed by atoms with E-state index in [-0.39, 0.29) is 6.61 Å². The van der Waals surface area contributed by atoms with Gasteiger partial charge in [-0.15, -0.1) is 0 Å². The van der Waals surface area contributed by atoms with E-state index in [1.165, 1.54) is 13.1 Å². The van der Waals surface area contributed by atoms with Crippen LogP contribution >= 0.6 is 7.82 Å². The van der Waals surface area contributed by atoms with Crippen LogP contribution in [-0.4, -0.2) is 38.8 Å². The first-order chi connectivity index (χ1) is 9.71. The maximum atomic E-state index is 11.8. The highest BCUT2D eigenvalue weighted by atomic mass is 31.2. The molecule has 2 fully saturated rings. The van der Waals surface area contributed by atoms with E-state index < -0.39 is 43.0 Å². The Morgan fingerprint density at radius 2 is 2.29 bits per heavy atom. The molecule has 0 bridgehead atoms. The Morgan fingerprint density at radius 3 is 2.95 bits per heavy atom. The number of rotatable bonds is 1. The van der Waals surface area contributed by atoms with Crippen molar-refractivity contribution < 1.29 is 23.2 Å². The van der Waals surface area contributed by atoms with Gasteiger partial charge in [-0.25, -0.2) is 9.36 Å². The maximum absolute atomic E-state index is 11.8. The van der Waals surface area contributed by atoms with Crippen LogP contribution in [0.5, 0.6) is 0 Å². The van der Waals surface area contributed by atoms with Crippen LogP contribution in [0.3, 0.4) is 0 Å². The van der Waals surface area contributed by atoms with Crippen molar-refractivity contribution in [3.8, 4) is 0 Å². The lowest BCUT2D eigenvalue weighted by molar-refractivity contribution is -0.0681. The normalized spacial score (nSPS) is 42.7. The van der Waals surface area contributed by atoms with Crippen molar-refractivity contribution in [2.75, 3.05) is 6.61 Å². The molecule has 0 radical (unpaired) electrons. The average Bonchev–Trinajstić information content (AvgIpc) is 2.61. The number of fused-ring (bicyclic) bond motifs is 1. The number of aromatic amines is 1. The minimum Gasteiger partial charge on any atom is -0.347 e. The molecule has 2 aliphatic heterocycles. The van der Waals surface area contributed by atoms with Crippen LogP contribution in [0, 0.1) is 0 Å². The average molecular weight is 319 g/mol. The highest BCUT2D eigenvalue weighted by Crippen LogP contribution is 2.54. The molecule has 1 aromatic rings. The second-order valence-electron chi connectivity index (χ2n) is 5.20. The molecule has 1 aromatic heterocycles. The Balaban J connectivity index is 2.00. The lowest BCUT2D eigenvalue weighted by Crippen LogP contribution is -2.55. The van der Waals surface area contributed by atoms with Gasteiger partial charge in [-0.05, 0) is 6.92 Å². The van der Waals surface area contributed by atoms with Crippen LogP contribution in [-0.2, 0) is 18.3 Å². The minimum atomic E-state index is -4.18. The molecule has 0 saturated carbocycles. The van der Waals surface area contributed by atoms with Crippen molar-refractivity contribution >= 4 is 7.82 Å². The monoisotopic (exact) mass is 319 g/mol. The van der Waals surface area contributed by atoms with Crippen molar-refractivity contribution in [3.05, 3.63) is 33.1 Å². The van der Waals surface area contributed by atoms with Crippen molar-refractivity contribution in [3.63, 3.8) is 0 Å². The van der Waals surface area contributed by atoms with Crippen molar-refractivity contribution in [2.24, 2.45) is 5.73 Å². The molecule has 0 aromatic carbocycles. The number of ether oxygens (including phenoxy) is 1. The van der Waals surface area contributed by atoms with Gasteiger partial charge in [0.25, 0.3) is 5.56 Å². The second-order valence-corrected chi connectivity index (χ2v) is 6.61. The van der Waals surface area contributed by atoms with Crippen LogP contribution in [0.15, 0.2) is 21.9 Å². The van der Waals surface area contributed by atoms with Gasteiger partial charge in [0.05, 0.1) is 12.1 Å². The van der Waals surface area contributed by atoms with Gasteiger partial charge in [-0.1, -0.05) is 0 Å². The van der Waals surface area contributed by atoms with Gasteiger partial charge in [-0.3, -0.25) is 23.4 Å². The zero-order valence-electron chi connectivity index (χ0n) is 11.0. The first-order valence-electron chi connectivity index (χ1n) is 6.12. The van der Waals surface area contributed by atoms with Gasteiger partial charge in [0.15, 0.2) is 6.23 Å². The molecule has 2 saturated heterocycles. The van der Waals surface area contributed by atoms with E-state index in [4.69, 9.17) is 15.0 Å². The third kappa shape index (κ3) is 2.39. The molecular formula is C10H14N3O7P. The smallest absolute Gasteiger partial charge is 0.347 e. The summed E-state index contributed by atoms with van der Waals surface area (Å²) in [6.45, 7) is 1.35. The van der Waals surface area contributed by atoms with E-state index in [0.29, 0.717) is 0 Å². The van der Waals surface area contributed by atoms with Gasteiger partial charge in [0, 0.05) is 12.3 Å². The third-order valence-electron chi connectivity index (χ3n) is 3.54. The molecule has 11 heteroatoms. The Kier molecular flexibility index (Phi) is 3.21. The van der Waals surface area contributed by atoms with Gasteiger partial charge in [0.1, 0.15) is 12.2 Å². The van der Waals surface area contributed by atoms with E-state index in [1.807, 2.05) is 0 Å². The van der Waals surface area contributed by atoms with Gasteiger partial charge in [-0.2, -0.15) is 0 Å². The summed E-state index contributed by atoms with van der Waals surface area (Å²) in [4.78, 5) is 34.4. The molecule has 116 valence electrons. The fourth-order valence-corrected chi connectivity index (χ4v) is 3.60. The molecule has 1 unspecified atom stereocenters. The Hall–Kier alpha value is -1.29. The summed E-state index contributed by atoms with van der Waals surface area (Å²) < 4.78 is 27.9. The minimum absolute atomic E-state index is 0.181. The lowest BCUT2D eigenvalue weighted by atomic mass is 9.93. The summed E-state index contributed by atoms with van der Waals surface area (Å²) in [6.07, 6.45) is -1.35. The van der Waals surface area contributed by atoms with E-state index in [0.717, 1.165) is 10.6 Å². The van der Waals surface area contributed by atoms with Gasteiger partial charge >= 0.3 is 13.5 Å². The van der Waals surface area contributed by atoms with Gasteiger partial charge < -0.3 is 15.4 Å². The first kappa shape index (κ1) is 14.6. The standard InChI is InChI=1S/C10H14N3O7P/c1-10(11)7-5(4-18-21(16,17)20-7)19-8(10)13-3-2-6(14)12-9(13)15/h2-3,5,7-8H,4,11H2,1H3,(H,16,17)(H,12,14,15)/t5-,7-,8-,10-/m1/s1. The van der Waals surface area contributed by atoms with Gasteiger partial charge in [0.2, 0.25) is 0 Å². The molecule has 3 rings (SSSR count). The molecule has 21 heavy (non-hydrogen) atoms. The Labute approximate surface area is 118 Å². The number of phosphoric ester groups is 1. The number of hydrogen-bond donors (Lipinski definition) is 3. The lowest BCUT2D eigenvalue weighted by Gasteiger charge is -2.34. The first-order valence-corrected chi connectivity index (χ1v) is 7.62. The highest BCUT2D eigenvalue weighted by Gasteiger charge is 2.58. The fourth-order valence-electron chi connectivity index (χ4n) is 2.55. The summed E-state index contributed by atoms with van der Waals surface area (Å²) in [5.74, 6) is 0. The van der Waals surface area contributed by atoms with Crippen molar-refractivity contribution in [1.29, 1.82) is 0 Å². The second kappa shape index (κ2) is 4.60. The molecule has 10 nitrogen and oxygen atoms in total. The topological polar surface area (TPSA) is 146 Å². The predicted octanol–water partition coefficient (Wildman–Crippen LogP) is -1.33. The zero-order valence-corrected chi connectivity index (χ0v) is 11.9. The summed E-state index contributed by atoms with van der Waals surface area (Å²) >= 11 is 0. The Morgan fingerprint density at radius 1 is 1.57 bits per heavy atom. The number of nitrogens with two attached hydrogens (primary N) is 1. The number of aromatic nitrogens is 2. The molecular weight excluding hydrogens is 305 g/mol. The number of nitrogens with zero attached hydrogens (tertiary/aromatic N) is 1. The van der Waals surface area contributed by atoms with Crippen LogP contribution in [0.1, 0.15) is 13.2 Å². The van der Waals surface area contributed by atoms with Crippen LogP contribution in [0.4, 0.5) is 0 Å². The molecule has 0 amide bonds. The van der Waals surface area contributed by atoms with Crippen LogP contribution in [0.2, 0.25) is 0 Å². The number of phosphoric acid groups is 1. The quantitative estimate of drug-likeness (QED) is 0.539. The summed E-state index contributed by atoms with van der Waals surface area (Å²) in [5, 5.41) is 0. The predicted molar refractivity (Wildman–Crippen MR) is 68.5 cm³/mol. The van der Waals surface area contributed by atoms with Crippen LogP contribution < -0.4 is 17.0 Å². The number of hydrogen-bond acceptors (Lipinski definition) is 7. The number of H-pyrrole nitrogens is 1.